The van der Waals surface area contributed by atoms with E-state index in [0.717, 1.165) is 5.69 Å². The van der Waals surface area contributed by atoms with Gasteiger partial charge in [0.15, 0.2) is 0 Å². The van der Waals surface area contributed by atoms with Crippen molar-refractivity contribution in [3.05, 3.63) is 18.0 Å². The molecule has 25 heavy (non-hydrogen) atoms. The molecular weight excluding hydrogens is 324 g/mol. The molecule has 3 rings (SSSR count). The van der Waals surface area contributed by atoms with Crippen molar-refractivity contribution >= 4 is 11.8 Å². The maximum Gasteiger partial charge on any atom is 0.228 e. The van der Waals surface area contributed by atoms with E-state index >= 15 is 0 Å². The summed E-state index contributed by atoms with van der Waals surface area (Å²) in [5.41, 5.74) is 0.891. The van der Waals surface area contributed by atoms with Crippen molar-refractivity contribution in [2.24, 2.45) is 13.0 Å². The second-order valence-electron chi connectivity index (χ2n) is 6.70. The van der Waals surface area contributed by atoms with Gasteiger partial charge in [0, 0.05) is 46.9 Å². The first-order chi connectivity index (χ1) is 12.0. The Balaban J connectivity index is 1.66. The van der Waals surface area contributed by atoms with E-state index in [0.29, 0.717) is 39.1 Å². The smallest absolute Gasteiger partial charge is 0.228 e. The Morgan fingerprint density at radius 1 is 1.32 bits per heavy atom. The number of nitrogens with zero attached hydrogens (tertiary/aromatic N) is 4. The van der Waals surface area contributed by atoms with Crippen LogP contribution in [0.4, 0.5) is 0 Å². The largest absolute Gasteiger partial charge is 0.382 e. The average molecular weight is 350 g/mol. The van der Waals surface area contributed by atoms with Gasteiger partial charge in [0.25, 0.3) is 0 Å². The van der Waals surface area contributed by atoms with E-state index in [1.807, 2.05) is 18.0 Å². The molecule has 8 heteroatoms. The summed E-state index contributed by atoms with van der Waals surface area (Å²) in [5.74, 6) is -0.0743. The molecule has 2 fully saturated rings. The van der Waals surface area contributed by atoms with Crippen molar-refractivity contribution in [1.29, 1.82) is 0 Å². The van der Waals surface area contributed by atoms with Crippen molar-refractivity contribution in [1.82, 2.24) is 19.6 Å². The number of carbonyl (C=O) groups excluding carboxylic acids is 2. The Bertz CT molecular complexity index is 626. The van der Waals surface area contributed by atoms with E-state index in [2.05, 4.69) is 5.10 Å². The Kier molecular flexibility index (Phi) is 5.39. The summed E-state index contributed by atoms with van der Waals surface area (Å²) < 4.78 is 12.4. The molecule has 1 aromatic heterocycles. The summed E-state index contributed by atoms with van der Waals surface area (Å²) >= 11 is 0. The fourth-order valence-electron chi connectivity index (χ4n) is 3.63. The van der Waals surface area contributed by atoms with Crippen LogP contribution in [0.3, 0.4) is 0 Å². The SMILES string of the molecule is COCCOC1CN(C(=O)[C@H]2CCC(=O)N(C)[C@@H]2c2ccnn2C)C1. The number of amides is 2. The number of hydrogen-bond donors (Lipinski definition) is 0. The zero-order valence-corrected chi connectivity index (χ0v) is 15.1. The zero-order chi connectivity index (χ0) is 18.0. The van der Waals surface area contributed by atoms with Crippen LogP contribution in [-0.2, 0) is 26.1 Å². The minimum atomic E-state index is -0.269. The Labute approximate surface area is 147 Å². The summed E-state index contributed by atoms with van der Waals surface area (Å²) in [6.07, 6.45) is 2.76. The molecule has 0 spiro atoms. The third-order valence-corrected chi connectivity index (χ3v) is 5.14. The number of likely N-dealkylation sites (tertiary alicyclic amines) is 2. The number of ether oxygens (including phenoxy) is 2. The number of carbonyl (C=O) groups is 2. The number of aryl methyl sites for hydroxylation is 1. The van der Waals surface area contributed by atoms with Crippen LogP contribution >= 0.6 is 0 Å². The summed E-state index contributed by atoms with van der Waals surface area (Å²) in [4.78, 5) is 28.7. The second-order valence-corrected chi connectivity index (χ2v) is 6.70. The van der Waals surface area contributed by atoms with E-state index in [4.69, 9.17) is 9.47 Å². The molecule has 0 radical (unpaired) electrons. The molecule has 0 N–H and O–H groups in total. The lowest BCUT2D eigenvalue weighted by Crippen LogP contribution is -2.58. The van der Waals surface area contributed by atoms with Crippen LogP contribution in [0.15, 0.2) is 12.3 Å². The predicted octanol–water partition coefficient (Wildman–Crippen LogP) is 0.203. The van der Waals surface area contributed by atoms with Crippen LogP contribution in [0.5, 0.6) is 0 Å². The Morgan fingerprint density at radius 3 is 2.72 bits per heavy atom. The second kappa shape index (κ2) is 7.53. The predicted molar refractivity (Wildman–Crippen MR) is 89.6 cm³/mol. The minimum Gasteiger partial charge on any atom is -0.382 e. The van der Waals surface area contributed by atoms with E-state index < -0.39 is 0 Å². The van der Waals surface area contributed by atoms with Crippen LogP contribution in [0.1, 0.15) is 24.6 Å². The first kappa shape index (κ1) is 17.9. The first-order valence-electron chi connectivity index (χ1n) is 8.65. The highest BCUT2D eigenvalue weighted by atomic mass is 16.5. The van der Waals surface area contributed by atoms with Gasteiger partial charge in [-0.1, -0.05) is 0 Å². The lowest BCUT2D eigenvalue weighted by atomic mass is 9.85. The summed E-state index contributed by atoms with van der Waals surface area (Å²) in [7, 11) is 5.25. The highest BCUT2D eigenvalue weighted by Gasteiger charge is 2.44. The molecule has 2 aliphatic rings. The standard InChI is InChI=1S/C17H26N4O4/c1-19-15(22)5-4-13(16(19)14-6-7-18-20(14)2)17(23)21-10-12(11-21)25-9-8-24-3/h6-7,12-13,16H,4-5,8-11H2,1-3H3/t13-,16-/m0/s1. The van der Waals surface area contributed by atoms with Gasteiger partial charge in [0.2, 0.25) is 11.8 Å². The van der Waals surface area contributed by atoms with Crippen LogP contribution in [0, 0.1) is 5.92 Å². The van der Waals surface area contributed by atoms with Crippen molar-refractivity contribution < 1.29 is 19.1 Å². The van der Waals surface area contributed by atoms with Gasteiger partial charge in [-0.2, -0.15) is 5.10 Å². The van der Waals surface area contributed by atoms with Gasteiger partial charge in [0.1, 0.15) is 0 Å². The van der Waals surface area contributed by atoms with Gasteiger partial charge >= 0.3 is 0 Å². The van der Waals surface area contributed by atoms with Gasteiger partial charge in [-0.25, -0.2) is 0 Å². The number of rotatable bonds is 6. The maximum absolute atomic E-state index is 13.0. The van der Waals surface area contributed by atoms with Crippen molar-refractivity contribution in [3.8, 4) is 0 Å². The van der Waals surface area contributed by atoms with Gasteiger partial charge in [-0.15, -0.1) is 0 Å². The topological polar surface area (TPSA) is 76.9 Å². The van der Waals surface area contributed by atoms with Gasteiger partial charge in [-0.3, -0.25) is 14.3 Å². The molecule has 2 atom stereocenters. The zero-order valence-electron chi connectivity index (χ0n) is 15.1. The van der Waals surface area contributed by atoms with E-state index in [-0.39, 0.29) is 29.9 Å². The lowest BCUT2D eigenvalue weighted by molar-refractivity contribution is -0.157. The van der Waals surface area contributed by atoms with Crippen LogP contribution in [-0.4, -0.2) is 78.0 Å². The fourth-order valence-corrected chi connectivity index (χ4v) is 3.63. The molecule has 2 amide bonds. The molecule has 0 aromatic carbocycles. The number of hydrogen-bond acceptors (Lipinski definition) is 5. The lowest BCUT2D eigenvalue weighted by Gasteiger charge is -2.45. The van der Waals surface area contributed by atoms with Gasteiger partial charge in [0.05, 0.1) is 37.0 Å². The molecular formula is C17H26N4O4. The van der Waals surface area contributed by atoms with Crippen molar-refractivity contribution in [2.75, 3.05) is 40.5 Å². The Hall–Kier alpha value is -1.93. The summed E-state index contributed by atoms with van der Waals surface area (Å²) in [5, 5.41) is 4.20. The maximum atomic E-state index is 13.0. The van der Waals surface area contributed by atoms with E-state index in [1.165, 1.54) is 0 Å². The van der Waals surface area contributed by atoms with Gasteiger partial charge in [-0.05, 0) is 12.5 Å². The van der Waals surface area contributed by atoms with Crippen molar-refractivity contribution in [3.63, 3.8) is 0 Å². The van der Waals surface area contributed by atoms with Crippen LogP contribution < -0.4 is 0 Å². The summed E-state index contributed by atoms with van der Waals surface area (Å²) in [6, 6.07) is 1.61. The van der Waals surface area contributed by atoms with Crippen LogP contribution in [0.2, 0.25) is 0 Å². The number of aromatic nitrogens is 2. The summed E-state index contributed by atoms with van der Waals surface area (Å²) in [6.45, 7) is 2.31. The number of piperidine rings is 1. The van der Waals surface area contributed by atoms with E-state index in [1.54, 1.807) is 29.9 Å². The molecule has 0 bridgehead atoms. The Morgan fingerprint density at radius 2 is 2.08 bits per heavy atom. The quantitative estimate of drug-likeness (QED) is 0.685. The molecule has 138 valence electrons. The normalized spacial score (nSPS) is 24.5. The molecule has 2 saturated heterocycles. The minimum absolute atomic E-state index is 0.0691. The molecule has 2 aliphatic heterocycles. The highest BCUT2D eigenvalue weighted by Crippen LogP contribution is 2.37. The number of methoxy groups -OCH3 is 1. The molecule has 0 aliphatic carbocycles. The average Bonchev–Trinajstić information content (AvgIpc) is 2.97. The molecule has 3 heterocycles. The van der Waals surface area contributed by atoms with Crippen LogP contribution in [0.25, 0.3) is 0 Å². The molecule has 8 nitrogen and oxygen atoms in total. The van der Waals surface area contributed by atoms with E-state index in [9.17, 15) is 9.59 Å². The third-order valence-electron chi connectivity index (χ3n) is 5.14. The monoisotopic (exact) mass is 350 g/mol. The molecule has 1 aromatic rings. The fraction of sp³-hybridized carbons (Fsp3) is 0.706. The molecule has 0 saturated carbocycles. The molecule has 0 unspecified atom stereocenters. The van der Waals surface area contributed by atoms with Crippen molar-refractivity contribution in [2.45, 2.75) is 25.0 Å². The highest BCUT2D eigenvalue weighted by molar-refractivity contribution is 5.85. The first-order valence-corrected chi connectivity index (χ1v) is 8.65. The third kappa shape index (κ3) is 3.55. The van der Waals surface area contributed by atoms with Gasteiger partial charge < -0.3 is 19.3 Å².